The van der Waals surface area contributed by atoms with Gasteiger partial charge in [-0.1, -0.05) is 24.3 Å². The summed E-state index contributed by atoms with van der Waals surface area (Å²) in [5.41, 5.74) is 3.70. The number of fused-ring (bicyclic) bond motifs is 1. The lowest BCUT2D eigenvalue weighted by Crippen LogP contribution is -2.18. The van der Waals surface area contributed by atoms with Gasteiger partial charge >= 0.3 is 0 Å². The van der Waals surface area contributed by atoms with Gasteiger partial charge in [0, 0.05) is 0 Å². The van der Waals surface area contributed by atoms with Crippen molar-refractivity contribution in [3.05, 3.63) is 64.1 Å². The highest BCUT2D eigenvalue weighted by molar-refractivity contribution is 9.10. The number of halogens is 1. The number of carbonyl (C=O) groups is 1. The standard InChI is InChI=1S/C23H23BrN2O4/c1-14(2)30-22-19(24)9-15(10-21(22)29-4)13-25-26-23(27)18-11-16-7-5-6-8-17(16)12-20(18)28-3/h5-14H,1-4H3,(H,26,27). The Morgan fingerprint density at radius 3 is 2.33 bits per heavy atom. The molecule has 6 nitrogen and oxygen atoms in total. The average Bonchev–Trinajstić information content (AvgIpc) is 2.74. The van der Waals surface area contributed by atoms with Crippen molar-refractivity contribution in [2.24, 2.45) is 5.10 Å². The first-order valence-electron chi connectivity index (χ1n) is 9.37. The Hall–Kier alpha value is -3.06. The smallest absolute Gasteiger partial charge is 0.275 e. The fourth-order valence-electron chi connectivity index (χ4n) is 2.96. The summed E-state index contributed by atoms with van der Waals surface area (Å²) in [7, 11) is 3.11. The second-order valence-electron chi connectivity index (χ2n) is 6.80. The van der Waals surface area contributed by atoms with Crippen molar-refractivity contribution in [2.75, 3.05) is 14.2 Å². The van der Waals surface area contributed by atoms with Crippen LogP contribution in [0.1, 0.15) is 29.8 Å². The summed E-state index contributed by atoms with van der Waals surface area (Å²) < 4.78 is 17.3. The number of hydrogen-bond donors (Lipinski definition) is 1. The number of nitrogens with one attached hydrogen (secondary N) is 1. The molecule has 0 aliphatic carbocycles. The highest BCUT2D eigenvalue weighted by Crippen LogP contribution is 2.37. The Bertz CT molecular complexity index is 1100. The van der Waals surface area contributed by atoms with E-state index < -0.39 is 0 Å². The molecule has 0 aliphatic heterocycles. The second-order valence-corrected chi connectivity index (χ2v) is 7.65. The lowest BCUT2D eigenvalue weighted by molar-refractivity contribution is 0.0952. The van der Waals surface area contributed by atoms with E-state index in [1.54, 1.807) is 19.2 Å². The second kappa shape index (κ2) is 9.63. The molecule has 0 saturated carbocycles. The van der Waals surface area contributed by atoms with E-state index in [2.05, 4.69) is 26.5 Å². The van der Waals surface area contributed by atoms with Crippen molar-refractivity contribution in [2.45, 2.75) is 20.0 Å². The summed E-state index contributed by atoms with van der Waals surface area (Å²) >= 11 is 3.50. The fraction of sp³-hybridized carbons (Fsp3) is 0.217. The zero-order valence-electron chi connectivity index (χ0n) is 17.2. The molecule has 0 unspecified atom stereocenters. The Morgan fingerprint density at radius 2 is 1.70 bits per heavy atom. The van der Waals surface area contributed by atoms with Gasteiger partial charge in [-0.3, -0.25) is 4.79 Å². The van der Waals surface area contributed by atoms with E-state index in [0.717, 1.165) is 20.8 Å². The summed E-state index contributed by atoms with van der Waals surface area (Å²) in [6.07, 6.45) is 1.55. The molecule has 3 aromatic carbocycles. The molecule has 0 spiro atoms. The van der Waals surface area contributed by atoms with Gasteiger partial charge in [0.15, 0.2) is 11.5 Å². The van der Waals surface area contributed by atoms with E-state index >= 15 is 0 Å². The molecule has 0 atom stereocenters. The van der Waals surface area contributed by atoms with Crippen molar-refractivity contribution in [3.63, 3.8) is 0 Å². The third kappa shape index (κ3) is 4.91. The van der Waals surface area contributed by atoms with Crippen LogP contribution in [0.2, 0.25) is 0 Å². The lowest BCUT2D eigenvalue weighted by Gasteiger charge is -2.15. The van der Waals surface area contributed by atoms with E-state index in [4.69, 9.17) is 14.2 Å². The van der Waals surface area contributed by atoms with E-state index in [1.165, 1.54) is 13.3 Å². The van der Waals surface area contributed by atoms with E-state index in [1.807, 2.05) is 50.2 Å². The minimum absolute atomic E-state index is 0.00550. The van der Waals surface area contributed by atoms with Crippen LogP contribution < -0.4 is 19.6 Å². The van der Waals surface area contributed by atoms with Gasteiger partial charge in [0.1, 0.15) is 5.75 Å². The van der Waals surface area contributed by atoms with Crippen molar-refractivity contribution in [1.82, 2.24) is 5.43 Å². The molecule has 1 amide bonds. The van der Waals surface area contributed by atoms with E-state index in [-0.39, 0.29) is 12.0 Å². The number of rotatable bonds is 7. The van der Waals surface area contributed by atoms with Crippen molar-refractivity contribution < 1.29 is 19.0 Å². The van der Waals surface area contributed by atoms with E-state index in [0.29, 0.717) is 22.8 Å². The summed E-state index contributed by atoms with van der Waals surface area (Å²) in [6, 6.07) is 15.0. The Balaban J connectivity index is 1.81. The van der Waals surface area contributed by atoms with Crippen LogP contribution in [0, 0.1) is 0 Å². The molecular formula is C23H23BrN2O4. The minimum Gasteiger partial charge on any atom is -0.496 e. The SMILES string of the molecule is COc1cc2ccccc2cc1C(=O)NN=Cc1cc(Br)c(OC(C)C)c(OC)c1. The number of hydrogen-bond acceptors (Lipinski definition) is 5. The average molecular weight is 471 g/mol. The first-order chi connectivity index (χ1) is 14.4. The molecule has 0 radical (unpaired) electrons. The molecule has 1 N–H and O–H groups in total. The van der Waals surface area contributed by atoms with Crippen molar-refractivity contribution in [1.29, 1.82) is 0 Å². The van der Waals surface area contributed by atoms with Crippen LogP contribution in [0.25, 0.3) is 10.8 Å². The number of hydrazone groups is 1. The Labute approximate surface area is 184 Å². The van der Waals surface area contributed by atoms with Gasteiger partial charge in [-0.15, -0.1) is 0 Å². The first kappa shape index (κ1) is 21.6. The summed E-state index contributed by atoms with van der Waals surface area (Å²) in [6.45, 7) is 3.88. The third-order valence-electron chi connectivity index (χ3n) is 4.30. The molecule has 3 rings (SSSR count). The third-order valence-corrected chi connectivity index (χ3v) is 4.89. The monoisotopic (exact) mass is 470 g/mol. The number of amides is 1. The largest absolute Gasteiger partial charge is 0.496 e. The van der Waals surface area contributed by atoms with Crippen LogP contribution in [0.4, 0.5) is 0 Å². The number of benzene rings is 3. The van der Waals surface area contributed by atoms with Gasteiger partial charge in [0.05, 0.1) is 36.6 Å². The molecule has 3 aromatic rings. The molecule has 0 aliphatic rings. The van der Waals surface area contributed by atoms with Crippen molar-refractivity contribution >= 4 is 38.8 Å². The molecular weight excluding hydrogens is 448 g/mol. The molecule has 0 heterocycles. The first-order valence-corrected chi connectivity index (χ1v) is 10.2. The predicted octanol–water partition coefficient (Wildman–Crippen LogP) is 5.17. The highest BCUT2D eigenvalue weighted by atomic mass is 79.9. The van der Waals surface area contributed by atoms with Gasteiger partial charge in [0.2, 0.25) is 0 Å². The number of carbonyl (C=O) groups excluding carboxylic acids is 1. The predicted molar refractivity (Wildman–Crippen MR) is 122 cm³/mol. The Kier molecular flexibility index (Phi) is 6.95. The molecule has 0 aromatic heterocycles. The molecule has 0 bridgehead atoms. The number of methoxy groups -OCH3 is 2. The van der Waals surface area contributed by atoms with Crippen LogP contribution in [0.5, 0.6) is 17.2 Å². The van der Waals surface area contributed by atoms with Crippen LogP contribution in [0.15, 0.2) is 58.1 Å². The lowest BCUT2D eigenvalue weighted by atomic mass is 10.1. The summed E-state index contributed by atoms with van der Waals surface area (Å²) in [5, 5.41) is 6.02. The Morgan fingerprint density at radius 1 is 1.03 bits per heavy atom. The van der Waals surface area contributed by atoms with Gasteiger partial charge in [-0.2, -0.15) is 5.10 Å². The van der Waals surface area contributed by atoms with E-state index in [9.17, 15) is 4.79 Å². The van der Waals surface area contributed by atoms with Gasteiger partial charge in [-0.05, 0) is 70.4 Å². The van der Waals surface area contributed by atoms with Gasteiger partial charge < -0.3 is 14.2 Å². The quantitative estimate of drug-likeness (QED) is 0.381. The maximum absolute atomic E-state index is 12.7. The van der Waals surface area contributed by atoms with Crippen LogP contribution >= 0.6 is 15.9 Å². The maximum atomic E-state index is 12.7. The fourth-order valence-corrected chi connectivity index (χ4v) is 3.51. The topological polar surface area (TPSA) is 69.2 Å². The van der Waals surface area contributed by atoms with Crippen LogP contribution in [-0.4, -0.2) is 32.4 Å². The van der Waals surface area contributed by atoms with Gasteiger partial charge in [0.25, 0.3) is 5.91 Å². The molecule has 30 heavy (non-hydrogen) atoms. The maximum Gasteiger partial charge on any atom is 0.275 e. The number of nitrogens with zero attached hydrogens (tertiary/aromatic N) is 1. The molecule has 0 saturated heterocycles. The summed E-state index contributed by atoms with van der Waals surface area (Å²) in [5.74, 6) is 1.32. The van der Waals surface area contributed by atoms with Crippen molar-refractivity contribution in [3.8, 4) is 17.2 Å². The van der Waals surface area contributed by atoms with Crippen LogP contribution in [0.3, 0.4) is 0 Å². The number of ether oxygens (including phenoxy) is 3. The zero-order valence-corrected chi connectivity index (χ0v) is 18.8. The molecule has 0 fully saturated rings. The minimum atomic E-state index is -0.361. The summed E-state index contributed by atoms with van der Waals surface area (Å²) in [4.78, 5) is 12.7. The molecule has 156 valence electrons. The molecule has 7 heteroatoms. The zero-order chi connectivity index (χ0) is 21.7. The van der Waals surface area contributed by atoms with Crippen LogP contribution in [-0.2, 0) is 0 Å². The normalized spacial score (nSPS) is 11.1. The van der Waals surface area contributed by atoms with Gasteiger partial charge in [-0.25, -0.2) is 5.43 Å². The highest BCUT2D eigenvalue weighted by Gasteiger charge is 2.14.